The Hall–Kier alpha value is -2.43. The molecule has 0 saturated heterocycles. The molecule has 0 aliphatic rings. The molecule has 1 aromatic heterocycles. The van der Waals surface area contributed by atoms with Gasteiger partial charge in [-0.25, -0.2) is 4.98 Å². The number of pyridine rings is 1. The number of amides is 1. The number of nitrogen functional groups attached to an aromatic ring is 1. The predicted octanol–water partition coefficient (Wildman–Crippen LogP) is 2.36. The number of aromatic nitrogens is 1. The Morgan fingerprint density at radius 2 is 2.11 bits per heavy atom. The zero-order valence-corrected chi connectivity index (χ0v) is 9.77. The summed E-state index contributed by atoms with van der Waals surface area (Å²) in [7, 11) is 0. The number of nitrogens with one attached hydrogen (secondary N) is 1. The second-order valence-corrected chi connectivity index (χ2v) is 3.89. The number of hydrogen-bond acceptors (Lipinski definition) is 3. The molecule has 3 N–H and O–H groups in total. The van der Waals surface area contributed by atoms with Gasteiger partial charge in [0.15, 0.2) is 0 Å². The first-order valence-corrected chi connectivity index (χ1v) is 5.36. The molecule has 1 heterocycles. The van der Waals surface area contributed by atoms with E-state index in [4.69, 9.17) is 5.73 Å². The van der Waals surface area contributed by atoms with Gasteiger partial charge in [0, 0.05) is 5.69 Å². The minimum absolute atomic E-state index is 0.154. The van der Waals surface area contributed by atoms with E-state index in [9.17, 15) is 9.18 Å². The highest BCUT2D eigenvalue weighted by Crippen LogP contribution is 2.15. The van der Waals surface area contributed by atoms with E-state index in [2.05, 4.69) is 10.3 Å². The lowest BCUT2D eigenvalue weighted by atomic mass is 10.1. The first-order chi connectivity index (χ1) is 8.56. The Balaban J connectivity index is 2.24. The number of carbonyl (C=O) groups is 1. The Morgan fingerprint density at radius 3 is 2.83 bits per heavy atom. The van der Waals surface area contributed by atoms with Gasteiger partial charge in [-0.05, 0) is 31.2 Å². The monoisotopic (exact) mass is 245 g/mol. The number of aryl methyl sites for hydroxylation is 1. The van der Waals surface area contributed by atoms with Gasteiger partial charge in [0.2, 0.25) is 5.95 Å². The van der Waals surface area contributed by atoms with E-state index >= 15 is 0 Å². The van der Waals surface area contributed by atoms with Crippen LogP contribution in [0.3, 0.4) is 0 Å². The Kier molecular flexibility index (Phi) is 3.23. The zero-order valence-electron chi connectivity index (χ0n) is 9.77. The number of benzene rings is 1. The molecule has 2 rings (SSSR count). The maximum Gasteiger partial charge on any atom is 0.258 e. The fourth-order valence-electron chi connectivity index (χ4n) is 1.53. The summed E-state index contributed by atoms with van der Waals surface area (Å²) in [6.07, 6.45) is 0. The average Bonchev–Trinajstić information content (AvgIpc) is 2.32. The van der Waals surface area contributed by atoms with Gasteiger partial charge >= 0.3 is 0 Å². The van der Waals surface area contributed by atoms with E-state index < -0.39 is 11.9 Å². The molecule has 1 aromatic carbocycles. The maximum atomic E-state index is 12.9. The van der Waals surface area contributed by atoms with Crippen LogP contribution in [0.2, 0.25) is 0 Å². The summed E-state index contributed by atoms with van der Waals surface area (Å²) in [5.41, 5.74) is 7.35. The van der Waals surface area contributed by atoms with Crippen LogP contribution < -0.4 is 11.1 Å². The summed E-state index contributed by atoms with van der Waals surface area (Å²) in [6, 6.07) is 9.32. The van der Waals surface area contributed by atoms with Crippen LogP contribution in [0, 0.1) is 12.9 Å². The number of nitrogens with zero attached hydrogens (tertiary/aromatic N) is 1. The summed E-state index contributed by atoms with van der Waals surface area (Å²) >= 11 is 0. The van der Waals surface area contributed by atoms with E-state index in [-0.39, 0.29) is 5.82 Å². The average molecular weight is 245 g/mol. The van der Waals surface area contributed by atoms with Crippen molar-refractivity contribution in [1.82, 2.24) is 4.98 Å². The van der Waals surface area contributed by atoms with Crippen LogP contribution >= 0.6 is 0 Å². The van der Waals surface area contributed by atoms with Crippen molar-refractivity contribution in [2.45, 2.75) is 6.92 Å². The van der Waals surface area contributed by atoms with Crippen LogP contribution in [0.25, 0.3) is 0 Å². The fourth-order valence-corrected chi connectivity index (χ4v) is 1.53. The second kappa shape index (κ2) is 4.83. The smallest absolute Gasteiger partial charge is 0.258 e. The SMILES string of the molecule is Cc1ccc(N)c(C(=O)Nc2cccc(F)n2)c1. The Morgan fingerprint density at radius 1 is 1.33 bits per heavy atom. The molecule has 0 spiro atoms. The summed E-state index contributed by atoms with van der Waals surface area (Å²) in [5.74, 6) is -0.903. The standard InChI is InChI=1S/C13H12FN3O/c1-8-5-6-10(15)9(7-8)13(18)17-12-4-2-3-11(14)16-12/h2-7H,15H2,1H3,(H,16,17,18). The van der Waals surface area contributed by atoms with Crippen LogP contribution in [0.5, 0.6) is 0 Å². The van der Waals surface area contributed by atoms with Crippen LogP contribution in [0.15, 0.2) is 36.4 Å². The summed E-state index contributed by atoms with van der Waals surface area (Å²) in [5, 5.41) is 2.50. The highest BCUT2D eigenvalue weighted by Gasteiger charge is 2.10. The molecular weight excluding hydrogens is 233 g/mol. The van der Waals surface area contributed by atoms with Crippen molar-refractivity contribution >= 4 is 17.4 Å². The minimum atomic E-state index is -0.648. The van der Waals surface area contributed by atoms with Gasteiger partial charge in [-0.2, -0.15) is 4.39 Å². The topological polar surface area (TPSA) is 68.0 Å². The van der Waals surface area contributed by atoms with Gasteiger partial charge in [0.25, 0.3) is 5.91 Å². The Bertz CT molecular complexity index is 599. The lowest BCUT2D eigenvalue weighted by molar-refractivity contribution is 0.102. The van der Waals surface area contributed by atoms with Crippen LogP contribution in [-0.2, 0) is 0 Å². The van der Waals surface area contributed by atoms with Crippen LogP contribution in [0.1, 0.15) is 15.9 Å². The molecule has 0 radical (unpaired) electrons. The van der Waals surface area contributed by atoms with E-state index in [1.165, 1.54) is 18.2 Å². The highest BCUT2D eigenvalue weighted by molar-refractivity contribution is 6.07. The Labute approximate surface area is 104 Å². The third-order valence-corrected chi connectivity index (χ3v) is 2.41. The number of hydrogen-bond donors (Lipinski definition) is 2. The van der Waals surface area contributed by atoms with Crippen molar-refractivity contribution in [3.8, 4) is 0 Å². The van der Waals surface area contributed by atoms with Gasteiger partial charge in [0.05, 0.1) is 5.56 Å². The maximum absolute atomic E-state index is 12.9. The second-order valence-electron chi connectivity index (χ2n) is 3.89. The summed E-state index contributed by atoms with van der Waals surface area (Å²) < 4.78 is 12.9. The number of anilines is 2. The van der Waals surface area contributed by atoms with Crippen LogP contribution in [-0.4, -0.2) is 10.9 Å². The number of nitrogens with two attached hydrogens (primary N) is 1. The molecule has 0 aliphatic carbocycles. The quantitative estimate of drug-likeness (QED) is 0.630. The molecule has 1 amide bonds. The summed E-state index contributed by atoms with van der Waals surface area (Å²) in [6.45, 7) is 1.86. The van der Waals surface area contributed by atoms with E-state index in [1.807, 2.05) is 13.0 Å². The normalized spacial score (nSPS) is 10.1. The van der Waals surface area contributed by atoms with E-state index in [0.29, 0.717) is 11.3 Å². The van der Waals surface area contributed by atoms with E-state index in [1.54, 1.807) is 12.1 Å². The molecule has 92 valence electrons. The lowest BCUT2D eigenvalue weighted by Crippen LogP contribution is -2.15. The number of carbonyl (C=O) groups excluding carboxylic acids is 1. The zero-order chi connectivity index (χ0) is 13.1. The molecule has 0 atom stereocenters. The molecule has 0 unspecified atom stereocenters. The van der Waals surface area contributed by atoms with Crippen LogP contribution in [0.4, 0.5) is 15.9 Å². The third-order valence-electron chi connectivity index (χ3n) is 2.41. The molecule has 4 nitrogen and oxygen atoms in total. The van der Waals surface area contributed by atoms with E-state index in [0.717, 1.165) is 5.56 Å². The first kappa shape index (κ1) is 12.0. The van der Waals surface area contributed by atoms with Crippen molar-refractivity contribution in [3.63, 3.8) is 0 Å². The molecule has 5 heteroatoms. The van der Waals surface area contributed by atoms with Crippen molar-refractivity contribution in [2.24, 2.45) is 0 Å². The molecule has 0 bridgehead atoms. The molecular formula is C13H12FN3O. The van der Waals surface area contributed by atoms with Crippen molar-refractivity contribution in [3.05, 3.63) is 53.5 Å². The van der Waals surface area contributed by atoms with Gasteiger partial charge in [-0.1, -0.05) is 17.7 Å². The van der Waals surface area contributed by atoms with Crippen molar-refractivity contribution in [1.29, 1.82) is 0 Å². The molecule has 18 heavy (non-hydrogen) atoms. The minimum Gasteiger partial charge on any atom is -0.398 e. The predicted molar refractivity (Wildman–Crippen MR) is 67.7 cm³/mol. The van der Waals surface area contributed by atoms with Gasteiger partial charge in [-0.15, -0.1) is 0 Å². The number of rotatable bonds is 2. The van der Waals surface area contributed by atoms with Gasteiger partial charge in [0.1, 0.15) is 5.82 Å². The molecule has 0 fully saturated rings. The van der Waals surface area contributed by atoms with Crippen molar-refractivity contribution in [2.75, 3.05) is 11.1 Å². The highest BCUT2D eigenvalue weighted by atomic mass is 19.1. The van der Waals surface area contributed by atoms with Crippen molar-refractivity contribution < 1.29 is 9.18 Å². The lowest BCUT2D eigenvalue weighted by Gasteiger charge is -2.07. The van der Waals surface area contributed by atoms with Gasteiger partial charge < -0.3 is 11.1 Å². The van der Waals surface area contributed by atoms with Gasteiger partial charge in [-0.3, -0.25) is 4.79 Å². The third kappa shape index (κ3) is 2.63. The molecule has 0 aliphatic heterocycles. The number of halogens is 1. The molecule has 2 aromatic rings. The summed E-state index contributed by atoms with van der Waals surface area (Å²) in [4.78, 5) is 15.5. The first-order valence-electron chi connectivity index (χ1n) is 5.36. The molecule has 0 saturated carbocycles. The fraction of sp³-hybridized carbons (Fsp3) is 0.0769. The largest absolute Gasteiger partial charge is 0.398 e.